The third-order valence-corrected chi connectivity index (χ3v) is 9.90. The second kappa shape index (κ2) is 9.47. The van der Waals surface area contributed by atoms with Crippen molar-refractivity contribution in [3.63, 3.8) is 0 Å². The highest BCUT2D eigenvalue weighted by Gasteiger charge is 2.24. The van der Waals surface area contributed by atoms with Gasteiger partial charge in [-0.25, -0.2) is 9.97 Å². The van der Waals surface area contributed by atoms with Crippen LogP contribution < -0.4 is 0 Å². The van der Waals surface area contributed by atoms with Crippen molar-refractivity contribution in [3.8, 4) is 28.3 Å². The normalized spacial score (nSPS) is 12.2. The summed E-state index contributed by atoms with van der Waals surface area (Å²) in [6.07, 6.45) is 1.94. The van der Waals surface area contributed by atoms with Crippen molar-refractivity contribution in [3.05, 3.63) is 152 Å². The molecule has 6 aromatic carbocycles. The van der Waals surface area contributed by atoms with Crippen molar-refractivity contribution in [2.24, 2.45) is 0 Å². The molecular weight excluding hydrogens is 587 g/mol. The second-order valence-corrected chi connectivity index (χ2v) is 12.4. The summed E-state index contributed by atoms with van der Waals surface area (Å²) in [5.74, 6) is 0.763. The Kier molecular flexibility index (Phi) is 5.05. The summed E-state index contributed by atoms with van der Waals surface area (Å²) in [6, 6.07) is 51.4. The molecule has 222 valence electrons. The third kappa shape index (κ3) is 3.37. The molecule has 0 aliphatic carbocycles. The third-order valence-electron chi connectivity index (χ3n) is 9.90. The highest BCUT2D eigenvalue weighted by molar-refractivity contribution is 6.31. The Morgan fingerprint density at radius 1 is 0.417 bits per heavy atom. The number of benzene rings is 6. The van der Waals surface area contributed by atoms with E-state index in [1.165, 1.54) is 48.9 Å². The maximum atomic E-state index is 5.35. The van der Waals surface area contributed by atoms with Gasteiger partial charge in [0.05, 0.1) is 44.3 Å². The molecule has 0 spiro atoms. The van der Waals surface area contributed by atoms with Crippen molar-refractivity contribution in [2.45, 2.75) is 0 Å². The Hall–Kier alpha value is -6.59. The number of hydrogen-bond acceptors (Lipinski definition) is 3. The van der Waals surface area contributed by atoms with Crippen LogP contribution in [0.15, 0.2) is 152 Å². The number of fused-ring (bicyclic) bond motifs is 6. The highest BCUT2D eigenvalue weighted by atomic mass is 15.1. The molecule has 48 heavy (non-hydrogen) atoms. The quantitative estimate of drug-likeness (QED) is 0.200. The van der Waals surface area contributed by atoms with Crippen LogP contribution in [0.1, 0.15) is 0 Å². The zero-order valence-corrected chi connectivity index (χ0v) is 25.7. The molecule has 5 aromatic heterocycles. The Labute approximate surface area is 274 Å². The average Bonchev–Trinajstić information content (AvgIpc) is 3.63. The highest BCUT2D eigenvalue weighted by Crippen LogP contribution is 2.44. The van der Waals surface area contributed by atoms with Crippen LogP contribution in [-0.2, 0) is 0 Å². The summed E-state index contributed by atoms with van der Waals surface area (Å²) in [4.78, 5) is 15.6. The molecule has 0 bridgehead atoms. The van der Waals surface area contributed by atoms with Crippen LogP contribution in [0.25, 0.3) is 99.3 Å². The smallest absolute Gasteiger partial charge is 0.166 e. The molecule has 0 radical (unpaired) electrons. The van der Waals surface area contributed by atoms with Gasteiger partial charge < -0.3 is 4.40 Å². The number of para-hydroxylation sites is 4. The first-order chi connectivity index (χ1) is 23.8. The summed E-state index contributed by atoms with van der Waals surface area (Å²) in [6.45, 7) is 0. The fourth-order valence-corrected chi connectivity index (χ4v) is 7.87. The van der Waals surface area contributed by atoms with Gasteiger partial charge in [-0.05, 0) is 53.4 Å². The molecule has 0 fully saturated rings. The van der Waals surface area contributed by atoms with Gasteiger partial charge in [0.25, 0.3) is 0 Å². The molecule has 0 aliphatic rings. The van der Waals surface area contributed by atoms with Gasteiger partial charge in [0.2, 0.25) is 0 Å². The lowest BCUT2D eigenvalue weighted by Crippen LogP contribution is -2.04. The van der Waals surface area contributed by atoms with Crippen LogP contribution in [0.2, 0.25) is 0 Å². The second-order valence-electron chi connectivity index (χ2n) is 12.4. The van der Waals surface area contributed by atoms with Gasteiger partial charge in [-0.3, -0.25) is 9.55 Å². The van der Waals surface area contributed by atoms with Gasteiger partial charge in [-0.1, -0.05) is 103 Å². The van der Waals surface area contributed by atoms with Gasteiger partial charge >= 0.3 is 0 Å². The van der Waals surface area contributed by atoms with Crippen LogP contribution >= 0.6 is 0 Å². The van der Waals surface area contributed by atoms with Crippen molar-refractivity contribution in [1.82, 2.24) is 23.9 Å². The zero-order valence-electron chi connectivity index (χ0n) is 25.7. The molecule has 11 aromatic rings. The topological polar surface area (TPSA) is 48.0 Å². The molecule has 0 amide bonds. The van der Waals surface area contributed by atoms with E-state index in [2.05, 4.69) is 124 Å². The molecule has 11 rings (SSSR count). The summed E-state index contributed by atoms with van der Waals surface area (Å²) in [7, 11) is 0. The van der Waals surface area contributed by atoms with E-state index < -0.39 is 0 Å². The van der Waals surface area contributed by atoms with E-state index in [1.807, 2.05) is 36.5 Å². The van der Waals surface area contributed by atoms with E-state index in [4.69, 9.17) is 15.0 Å². The number of rotatable bonds is 3. The van der Waals surface area contributed by atoms with E-state index in [-0.39, 0.29) is 0 Å². The van der Waals surface area contributed by atoms with Gasteiger partial charge in [0.15, 0.2) is 5.82 Å². The Bertz CT molecular complexity index is 3040. The number of aromatic nitrogens is 5. The molecular formula is C43H25N5. The van der Waals surface area contributed by atoms with Crippen molar-refractivity contribution < 1.29 is 0 Å². The van der Waals surface area contributed by atoms with Crippen molar-refractivity contribution in [1.29, 1.82) is 0 Å². The Morgan fingerprint density at radius 2 is 1.04 bits per heavy atom. The maximum Gasteiger partial charge on any atom is 0.166 e. The standard InChI is InChI=1S/C43H25N5/c1-2-11-26(12-3-1)27-23-24-34(44-25-27)41-43(46-33-18-6-5-17-32(33)45-41)48-36-20-9-14-29-31-16-8-15-30-28-13-4-7-19-35(28)47(42(30)31)37-21-10-22-38(48)40(37)39(29)36/h1-25H. The molecule has 0 saturated carbocycles. The maximum absolute atomic E-state index is 5.35. The molecule has 5 heteroatoms. The molecule has 0 aliphatic heterocycles. The summed E-state index contributed by atoms with van der Waals surface area (Å²) < 4.78 is 4.76. The molecule has 5 heterocycles. The van der Waals surface area contributed by atoms with Gasteiger partial charge in [-0.2, -0.15) is 0 Å². The van der Waals surface area contributed by atoms with Crippen LogP contribution in [0.5, 0.6) is 0 Å². The first kappa shape index (κ1) is 25.6. The number of hydrogen-bond donors (Lipinski definition) is 0. The molecule has 0 unspecified atom stereocenters. The molecule has 0 N–H and O–H groups in total. The molecule has 0 atom stereocenters. The van der Waals surface area contributed by atoms with Gasteiger partial charge in [-0.15, -0.1) is 0 Å². The summed E-state index contributed by atoms with van der Waals surface area (Å²) >= 11 is 0. The minimum absolute atomic E-state index is 0.745. The summed E-state index contributed by atoms with van der Waals surface area (Å²) in [5, 5.41) is 7.40. The Balaban J connectivity index is 1.30. The monoisotopic (exact) mass is 611 g/mol. The van der Waals surface area contributed by atoms with Crippen molar-refractivity contribution in [2.75, 3.05) is 0 Å². The average molecular weight is 612 g/mol. The minimum Gasteiger partial charge on any atom is -0.308 e. The van der Waals surface area contributed by atoms with E-state index in [1.54, 1.807) is 0 Å². The zero-order chi connectivity index (χ0) is 31.3. The minimum atomic E-state index is 0.745. The van der Waals surface area contributed by atoms with Gasteiger partial charge in [0.1, 0.15) is 5.69 Å². The van der Waals surface area contributed by atoms with Crippen LogP contribution in [0.3, 0.4) is 0 Å². The summed E-state index contributed by atoms with van der Waals surface area (Å²) in [5.41, 5.74) is 11.2. The SMILES string of the molecule is c1ccc(-c2ccc(-c3nc4ccccc4nc3-n3c4cccc5c6cccc7c8ccccc8n(c8cccc3c8c54)c67)nc2)cc1. The van der Waals surface area contributed by atoms with E-state index in [0.717, 1.165) is 50.4 Å². The molecule has 0 saturated heterocycles. The van der Waals surface area contributed by atoms with Crippen LogP contribution in [-0.4, -0.2) is 23.9 Å². The van der Waals surface area contributed by atoms with Crippen LogP contribution in [0, 0.1) is 0 Å². The van der Waals surface area contributed by atoms with Gasteiger partial charge in [0, 0.05) is 38.7 Å². The predicted octanol–water partition coefficient (Wildman–Crippen LogP) is 10.6. The van der Waals surface area contributed by atoms with E-state index in [0.29, 0.717) is 0 Å². The van der Waals surface area contributed by atoms with E-state index in [9.17, 15) is 0 Å². The molecule has 5 nitrogen and oxygen atoms in total. The fourth-order valence-electron chi connectivity index (χ4n) is 7.87. The van der Waals surface area contributed by atoms with Crippen molar-refractivity contribution >= 4 is 70.9 Å². The number of nitrogens with zero attached hydrogens (tertiary/aromatic N) is 5. The predicted molar refractivity (Wildman–Crippen MR) is 197 cm³/mol. The lowest BCUT2D eigenvalue weighted by atomic mass is 10.0. The fraction of sp³-hybridized carbons (Fsp3) is 0. The lowest BCUT2D eigenvalue weighted by Gasteiger charge is -2.14. The van der Waals surface area contributed by atoms with Crippen LogP contribution in [0.4, 0.5) is 0 Å². The first-order valence-corrected chi connectivity index (χ1v) is 16.2. The number of pyridine rings is 1. The largest absolute Gasteiger partial charge is 0.308 e. The Morgan fingerprint density at radius 3 is 1.88 bits per heavy atom. The van der Waals surface area contributed by atoms with E-state index >= 15 is 0 Å². The lowest BCUT2D eigenvalue weighted by molar-refractivity contribution is 1.07. The first-order valence-electron chi connectivity index (χ1n) is 16.2.